The molecule has 1 spiro atoms. The number of hydrogen-bond acceptors (Lipinski definition) is 5. The van der Waals surface area contributed by atoms with Crippen molar-refractivity contribution < 1.29 is 22.7 Å². The number of morpholine rings is 1. The summed E-state index contributed by atoms with van der Waals surface area (Å²) in [6, 6.07) is 7.09. The van der Waals surface area contributed by atoms with E-state index in [4.69, 9.17) is 9.47 Å². The predicted octanol–water partition coefficient (Wildman–Crippen LogP) is 1.53. The second kappa shape index (κ2) is 8.34. The lowest BCUT2D eigenvalue weighted by molar-refractivity contribution is -0.144. The normalized spacial score (nSPS) is 25.4. The Morgan fingerprint density at radius 3 is 2.31 bits per heavy atom. The number of nitrogens with zero attached hydrogens (tertiary/aromatic N) is 2. The molecule has 1 aromatic rings. The van der Waals surface area contributed by atoms with Crippen molar-refractivity contribution in [2.75, 3.05) is 52.6 Å². The summed E-state index contributed by atoms with van der Waals surface area (Å²) in [5.41, 5.74) is 0.760. The number of rotatable bonds is 4. The Morgan fingerprint density at radius 1 is 1.07 bits per heavy atom. The van der Waals surface area contributed by atoms with E-state index in [0.29, 0.717) is 63.8 Å². The number of hydrogen-bond donors (Lipinski definition) is 0. The molecule has 1 atom stereocenters. The van der Waals surface area contributed by atoms with E-state index in [2.05, 4.69) is 0 Å². The molecule has 3 saturated heterocycles. The molecule has 0 saturated carbocycles. The van der Waals surface area contributed by atoms with Gasteiger partial charge in [-0.1, -0.05) is 19.1 Å². The average molecular weight is 423 g/mol. The molecular formula is C21H30N2O5S. The molecule has 3 aliphatic rings. The molecular weight excluding hydrogens is 392 g/mol. The van der Waals surface area contributed by atoms with Crippen molar-refractivity contribution in [2.45, 2.75) is 31.1 Å². The average Bonchev–Trinajstić information content (AvgIpc) is 3.13. The highest BCUT2D eigenvalue weighted by molar-refractivity contribution is 7.89. The van der Waals surface area contributed by atoms with Gasteiger partial charge in [-0.25, -0.2) is 8.42 Å². The van der Waals surface area contributed by atoms with E-state index in [0.717, 1.165) is 12.0 Å². The Morgan fingerprint density at radius 2 is 1.69 bits per heavy atom. The lowest BCUT2D eigenvalue weighted by atomic mass is 9.71. The maximum atomic E-state index is 13.4. The molecule has 0 aromatic heterocycles. The summed E-state index contributed by atoms with van der Waals surface area (Å²) in [6.07, 6.45) is 2.30. The maximum absolute atomic E-state index is 13.4. The summed E-state index contributed by atoms with van der Waals surface area (Å²) in [4.78, 5) is 15.5. The monoisotopic (exact) mass is 422 g/mol. The number of sulfonamides is 1. The third-order valence-electron chi connectivity index (χ3n) is 6.70. The van der Waals surface area contributed by atoms with E-state index in [1.54, 1.807) is 12.1 Å². The van der Waals surface area contributed by atoms with Gasteiger partial charge in [-0.05, 0) is 37.0 Å². The van der Waals surface area contributed by atoms with Gasteiger partial charge in [-0.3, -0.25) is 4.79 Å². The summed E-state index contributed by atoms with van der Waals surface area (Å²) in [5.74, 6) is -0.261. The minimum Gasteiger partial charge on any atom is -0.381 e. The topological polar surface area (TPSA) is 76.2 Å². The van der Waals surface area contributed by atoms with E-state index < -0.39 is 10.0 Å². The Hall–Kier alpha value is -1.48. The number of ether oxygens (including phenoxy) is 2. The lowest BCUT2D eigenvalue weighted by Crippen LogP contribution is -2.49. The van der Waals surface area contributed by atoms with Crippen molar-refractivity contribution in [1.29, 1.82) is 0 Å². The Bertz CT molecular complexity index is 827. The standard InChI is InChI=1S/C21H30N2O5S/c1-2-17-3-5-18(6-4-17)29(25,26)23-15-19(20(24)22-9-13-28-14-10-22)21(16-23)7-11-27-12-8-21/h3-6,19H,2,7-16H2,1H3/t19-/m1/s1. The van der Waals surface area contributed by atoms with Crippen LogP contribution in [0.1, 0.15) is 25.3 Å². The second-order valence-corrected chi connectivity index (χ2v) is 10.2. The van der Waals surface area contributed by atoms with Crippen LogP contribution in [0.3, 0.4) is 0 Å². The highest BCUT2D eigenvalue weighted by atomic mass is 32.2. The zero-order chi connectivity index (χ0) is 20.5. The molecule has 8 heteroatoms. The minimum absolute atomic E-state index is 0.0641. The molecule has 1 amide bonds. The molecule has 0 bridgehead atoms. The molecule has 3 heterocycles. The van der Waals surface area contributed by atoms with Gasteiger partial charge in [0.05, 0.1) is 24.0 Å². The molecule has 29 heavy (non-hydrogen) atoms. The fraction of sp³-hybridized carbons (Fsp3) is 0.667. The van der Waals surface area contributed by atoms with Gasteiger partial charge in [-0.15, -0.1) is 0 Å². The van der Waals surface area contributed by atoms with Crippen LogP contribution in [-0.4, -0.2) is 76.1 Å². The highest BCUT2D eigenvalue weighted by Crippen LogP contribution is 2.46. The first kappa shape index (κ1) is 20.8. The van der Waals surface area contributed by atoms with Gasteiger partial charge in [0.1, 0.15) is 0 Å². The number of aryl methyl sites for hydroxylation is 1. The summed E-state index contributed by atoms with van der Waals surface area (Å²) in [5, 5.41) is 0. The molecule has 1 aromatic carbocycles. The molecule has 4 rings (SSSR count). The van der Waals surface area contributed by atoms with Gasteiger partial charge in [0.2, 0.25) is 15.9 Å². The fourth-order valence-corrected chi connectivity index (χ4v) is 6.33. The fourth-order valence-electron chi connectivity index (χ4n) is 4.78. The largest absolute Gasteiger partial charge is 0.381 e. The summed E-state index contributed by atoms with van der Waals surface area (Å²) in [6.45, 7) is 6.06. The van der Waals surface area contributed by atoms with Crippen LogP contribution in [-0.2, 0) is 30.7 Å². The minimum atomic E-state index is -3.64. The van der Waals surface area contributed by atoms with Crippen molar-refractivity contribution in [1.82, 2.24) is 9.21 Å². The zero-order valence-electron chi connectivity index (χ0n) is 17.0. The SMILES string of the molecule is CCc1ccc(S(=O)(=O)N2C[C@H](C(=O)N3CCOCC3)C3(CCOCC3)C2)cc1. The highest BCUT2D eigenvalue weighted by Gasteiger charge is 2.54. The Labute approximate surface area is 173 Å². The Kier molecular flexibility index (Phi) is 5.97. The predicted molar refractivity (Wildman–Crippen MR) is 108 cm³/mol. The summed E-state index contributed by atoms with van der Waals surface area (Å²) < 4.78 is 39.2. The van der Waals surface area contributed by atoms with E-state index in [1.807, 2.05) is 24.0 Å². The lowest BCUT2D eigenvalue weighted by Gasteiger charge is -2.39. The molecule has 3 aliphatic heterocycles. The van der Waals surface area contributed by atoms with E-state index in [-0.39, 0.29) is 23.8 Å². The van der Waals surface area contributed by atoms with E-state index in [1.165, 1.54) is 4.31 Å². The van der Waals surface area contributed by atoms with Gasteiger partial charge >= 0.3 is 0 Å². The van der Waals surface area contributed by atoms with Crippen LogP contribution in [0.25, 0.3) is 0 Å². The van der Waals surface area contributed by atoms with Crippen LogP contribution in [0.2, 0.25) is 0 Å². The van der Waals surface area contributed by atoms with Crippen molar-refractivity contribution >= 4 is 15.9 Å². The Balaban J connectivity index is 1.61. The van der Waals surface area contributed by atoms with Crippen molar-refractivity contribution in [2.24, 2.45) is 11.3 Å². The van der Waals surface area contributed by atoms with Crippen LogP contribution in [0.4, 0.5) is 0 Å². The molecule has 0 N–H and O–H groups in total. The van der Waals surface area contributed by atoms with Crippen LogP contribution in [0, 0.1) is 11.3 Å². The van der Waals surface area contributed by atoms with Crippen molar-refractivity contribution in [3.63, 3.8) is 0 Å². The number of amides is 1. The number of carbonyl (C=O) groups excluding carboxylic acids is 1. The number of benzene rings is 1. The molecule has 3 fully saturated rings. The molecule has 0 aliphatic carbocycles. The first-order valence-corrected chi connectivity index (χ1v) is 11.9. The van der Waals surface area contributed by atoms with Crippen LogP contribution in [0.5, 0.6) is 0 Å². The second-order valence-electron chi connectivity index (χ2n) is 8.26. The van der Waals surface area contributed by atoms with E-state index >= 15 is 0 Å². The molecule has 0 unspecified atom stereocenters. The first-order valence-electron chi connectivity index (χ1n) is 10.5. The quantitative estimate of drug-likeness (QED) is 0.736. The number of carbonyl (C=O) groups is 1. The maximum Gasteiger partial charge on any atom is 0.243 e. The van der Waals surface area contributed by atoms with Gasteiger partial charge in [0, 0.05) is 44.8 Å². The van der Waals surface area contributed by atoms with Gasteiger partial charge < -0.3 is 14.4 Å². The van der Waals surface area contributed by atoms with Crippen LogP contribution in [0.15, 0.2) is 29.2 Å². The molecule has 7 nitrogen and oxygen atoms in total. The summed E-state index contributed by atoms with van der Waals surface area (Å²) >= 11 is 0. The van der Waals surface area contributed by atoms with Crippen molar-refractivity contribution in [3.05, 3.63) is 29.8 Å². The van der Waals surface area contributed by atoms with Gasteiger partial charge in [0.25, 0.3) is 0 Å². The van der Waals surface area contributed by atoms with E-state index in [9.17, 15) is 13.2 Å². The first-order chi connectivity index (χ1) is 14.0. The third kappa shape index (κ3) is 3.95. The zero-order valence-corrected chi connectivity index (χ0v) is 17.8. The van der Waals surface area contributed by atoms with Crippen LogP contribution >= 0.6 is 0 Å². The third-order valence-corrected chi connectivity index (χ3v) is 8.52. The van der Waals surface area contributed by atoms with Gasteiger partial charge in [0.15, 0.2) is 0 Å². The molecule has 0 radical (unpaired) electrons. The summed E-state index contributed by atoms with van der Waals surface area (Å²) in [7, 11) is -3.64. The van der Waals surface area contributed by atoms with Gasteiger partial charge in [-0.2, -0.15) is 4.31 Å². The van der Waals surface area contributed by atoms with Crippen LogP contribution < -0.4 is 0 Å². The smallest absolute Gasteiger partial charge is 0.243 e. The molecule has 160 valence electrons. The van der Waals surface area contributed by atoms with Crippen molar-refractivity contribution in [3.8, 4) is 0 Å².